The molecule has 0 aliphatic carbocycles. The molecule has 1 aromatic carbocycles. The highest BCUT2D eigenvalue weighted by molar-refractivity contribution is 7.88. The number of aromatic nitrogens is 2. The molecule has 1 N–H and O–H groups in total. The molecule has 1 aliphatic heterocycles. The highest BCUT2D eigenvalue weighted by atomic mass is 32.2. The molecule has 0 bridgehead atoms. The predicted molar refractivity (Wildman–Crippen MR) is 116 cm³/mol. The Balaban J connectivity index is 1.58. The van der Waals surface area contributed by atoms with Crippen LogP contribution in [0.25, 0.3) is 15.9 Å². The van der Waals surface area contributed by atoms with Crippen molar-refractivity contribution in [1.29, 1.82) is 0 Å². The molecule has 7 nitrogen and oxygen atoms in total. The van der Waals surface area contributed by atoms with E-state index in [4.69, 9.17) is 0 Å². The smallest absolute Gasteiger partial charge is 0.338 e. The standard InChI is InChI=1S/C20H21F3N4O3S2/c1-12-16-11-17(18(28)26-8-6-14(7-9-26)25-32(2,29)30)31-19(16)27(24-12)15-5-3-4-13(10-15)20(21,22)23/h3-5,10-11,14,25H,6-9H2,1-2H3. The maximum absolute atomic E-state index is 13.1. The Morgan fingerprint density at radius 1 is 1.22 bits per heavy atom. The Morgan fingerprint density at radius 3 is 2.53 bits per heavy atom. The van der Waals surface area contributed by atoms with Crippen LogP contribution in [0.15, 0.2) is 30.3 Å². The molecule has 0 radical (unpaired) electrons. The number of benzene rings is 1. The lowest BCUT2D eigenvalue weighted by Gasteiger charge is -2.31. The van der Waals surface area contributed by atoms with Crippen LogP contribution in [0.1, 0.15) is 33.8 Å². The third-order valence-corrected chi connectivity index (χ3v) is 7.20. The van der Waals surface area contributed by atoms with Crippen LogP contribution in [0.5, 0.6) is 0 Å². The highest BCUT2D eigenvalue weighted by Gasteiger charge is 2.31. The molecule has 1 fully saturated rings. The molecule has 0 unspecified atom stereocenters. The van der Waals surface area contributed by atoms with Crippen molar-refractivity contribution in [3.05, 3.63) is 46.5 Å². The van der Waals surface area contributed by atoms with Gasteiger partial charge in [-0.15, -0.1) is 11.3 Å². The van der Waals surface area contributed by atoms with Crippen molar-refractivity contribution in [2.24, 2.45) is 0 Å². The number of hydrogen-bond acceptors (Lipinski definition) is 5. The largest absolute Gasteiger partial charge is 0.416 e. The van der Waals surface area contributed by atoms with Crippen LogP contribution in [-0.2, 0) is 16.2 Å². The molecule has 1 aliphatic rings. The summed E-state index contributed by atoms with van der Waals surface area (Å²) in [6.45, 7) is 2.58. The van der Waals surface area contributed by atoms with E-state index in [2.05, 4.69) is 9.82 Å². The van der Waals surface area contributed by atoms with E-state index >= 15 is 0 Å². The van der Waals surface area contributed by atoms with Crippen molar-refractivity contribution >= 4 is 37.5 Å². The number of rotatable bonds is 4. The second-order valence-corrected chi connectivity index (χ2v) is 10.6. The first-order valence-corrected chi connectivity index (χ1v) is 12.6. The number of sulfonamides is 1. The number of halogens is 3. The zero-order chi connectivity index (χ0) is 23.3. The molecule has 1 amide bonds. The predicted octanol–water partition coefficient (Wildman–Crippen LogP) is 3.57. The fourth-order valence-electron chi connectivity index (χ4n) is 3.80. The van der Waals surface area contributed by atoms with E-state index < -0.39 is 21.8 Å². The summed E-state index contributed by atoms with van der Waals surface area (Å²) in [5, 5.41) is 5.08. The van der Waals surface area contributed by atoms with E-state index in [0.717, 1.165) is 18.4 Å². The summed E-state index contributed by atoms with van der Waals surface area (Å²) in [4.78, 5) is 15.8. The maximum atomic E-state index is 13.1. The molecule has 3 heterocycles. The molecular formula is C20H21F3N4O3S2. The zero-order valence-corrected chi connectivity index (χ0v) is 18.9. The molecule has 3 aromatic rings. The van der Waals surface area contributed by atoms with Crippen LogP contribution in [0.2, 0.25) is 0 Å². The zero-order valence-electron chi connectivity index (χ0n) is 17.3. The monoisotopic (exact) mass is 486 g/mol. The fraction of sp³-hybridized carbons (Fsp3) is 0.400. The molecule has 0 saturated carbocycles. The molecule has 12 heteroatoms. The SMILES string of the molecule is Cc1nn(-c2cccc(C(F)(F)F)c2)c2sc(C(=O)N3CCC(NS(C)(=O)=O)CC3)cc12. The van der Waals surface area contributed by atoms with Crippen LogP contribution in [0.4, 0.5) is 13.2 Å². The summed E-state index contributed by atoms with van der Waals surface area (Å²) in [7, 11) is -3.30. The van der Waals surface area contributed by atoms with Crippen LogP contribution in [0.3, 0.4) is 0 Å². The van der Waals surface area contributed by atoms with Crippen LogP contribution in [0, 0.1) is 6.92 Å². The summed E-state index contributed by atoms with van der Waals surface area (Å²) in [5.41, 5.74) is 0.116. The first-order valence-electron chi connectivity index (χ1n) is 9.86. The minimum Gasteiger partial charge on any atom is -0.338 e. The number of hydrogen-bond donors (Lipinski definition) is 1. The van der Waals surface area contributed by atoms with Gasteiger partial charge in [-0.2, -0.15) is 18.3 Å². The number of amides is 1. The van der Waals surface area contributed by atoms with Gasteiger partial charge < -0.3 is 4.90 Å². The molecule has 0 atom stereocenters. The number of carbonyl (C=O) groups is 1. The van der Waals surface area contributed by atoms with E-state index in [1.807, 2.05) is 0 Å². The summed E-state index contributed by atoms with van der Waals surface area (Å²) in [6.07, 6.45) is -2.33. The lowest BCUT2D eigenvalue weighted by molar-refractivity contribution is -0.137. The summed E-state index contributed by atoms with van der Waals surface area (Å²) in [6, 6.07) is 6.43. The third kappa shape index (κ3) is 4.66. The normalized spacial score (nSPS) is 16.1. The molecule has 32 heavy (non-hydrogen) atoms. The van der Waals surface area contributed by atoms with Crippen molar-refractivity contribution in [2.45, 2.75) is 32.0 Å². The maximum Gasteiger partial charge on any atom is 0.416 e. The minimum atomic E-state index is -4.47. The average Bonchev–Trinajstić information content (AvgIpc) is 3.27. The van der Waals surface area contributed by atoms with Gasteiger partial charge in [0.1, 0.15) is 4.83 Å². The van der Waals surface area contributed by atoms with Crippen molar-refractivity contribution in [3.8, 4) is 5.69 Å². The van der Waals surface area contributed by atoms with Crippen molar-refractivity contribution in [1.82, 2.24) is 19.4 Å². The van der Waals surface area contributed by atoms with E-state index in [-0.39, 0.29) is 17.6 Å². The number of carbonyl (C=O) groups excluding carboxylic acids is 1. The Bertz CT molecular complexity index is 1270. The lowest BCUT2D eigenvalue weighted by atomic mass is 10.1. The lowest BCUT2D eigenvalue weighted by Crippen LogP contribution is -2.46. The van der Waals surface area contributed by atoms with Gasteiger partial charge in [0.15, 0.2) is 0 Å². The molecule has 4 rings (SSSR count). The highest BCUT2D eigenvalue weighted by Crippen LogP contribution is 2.34. The Kier molecular flexibility index (Phi) is 5.80. The number of nitrogens with one attached hydrogen (secondary N) is 1. The minimum absolute atomic E-state index is 0.181. The molecule has 172 valence electrons. The van der Waals surface area contributed by atoms with E-state index in [9.17, 15) is 26.4 Å². The topological polar surface area (TPSA) is 84.3 Å². The Hall–Kier alpha value is -2.44. The van der Waals surface area contributed by atoms with Crippen LogP contribution < -0.4 is 4.72 Å². The first kappa shape index (κ1) is 22.7. The van der Waals surface area contributed by atoms with Gasteiger partial charge in [0.2, 0.25) is 10.0 Å². The first-order chi connectivity index (χ1) is 14.9. The summed E-state index contributed by atoms with van der Waals surface area (Å²) < 4.78 is 66.2. The van der Waals surface area contributed by atoms with E-state index in [0.29, 0.717) is 46.7 Å². The van der Waals surface area contributed by atoms with Gasteiger partial charge in [-0.1, -0.05) is 6.07 Å². The molecular weight excluding hydrogens is 465 g/mol. The van der Waals surface area contributed by atoms with Crippen molar-refractivity contribution in [3.63, 3.8) is 0 Å². The second kappa shape index (κ2) is 8.16. The fourth-order valence-corrected chi connectivity index (χ4v) is 5.79. The Morgan fingerprint density at radius 2 is 1.91 bits per heavy atom. The third-order valence-electron chi connectivity index (χ3n) is 5.34. The number of nitrogens with zero attached hydrogens (tertiary/aromatic N) is 3. The number of likely N-dealkylation sites (tertiary alicyclic amines) is 1. The quantitative estimate of drug-likeness (QED) is 0.611. The van der Waals surface area contributed by atoms with Gasteiger partial charge in [-0.25, -0.2) is 17.8 Å². The number of fused-ring (bicyclic) bond motifs is 1. The number of piperidine rings is 1. The molecule has 0 spiro atoms. The van der Waals surface area contributed by atoms with Crippen molar-refractivity contribution in [2.75, 3.05) is 19.3 Å². The van der Waals surface area contributed by atoms with Crippen molar-refractivity contribution < 1.29 is 26.4 Å². The molecule has 2 aromatic heterocycles. The number of aryl methyl sites for hydroxylation is 1. The van der Waals surface area contributed by atoms with Gasteiger partial charge in [0.05, 0.1) is 28.1 Å². The van der Waals surface area contributed by atoms with E-state index in [1.165, 1.54) is 22.1 Å². The molecule has 1 saturated heterocycles. The van der Waals surface area contributed by atoms with Gasteiger partial charge in [-0.3, -0.25) is 4.79 Å². The van der Waals surface area contributed by atoms with Gasteiger partial charge in [-0.05, 0) is 44.0 Å². The van der Waals surface area contributed by atoms with Gasteiger partial charge in [0.25, 0.3) is 5.91 Å². The van der Waals surface area contributed by atoms with Gasteiger partial charge >= 0.3 is 6.18 Å². The Labute approximate surface area is 186 Å². The number of thiophene rings is 1. The second-order valence-electron chi connectivity index (χ2n) is 7.83. The van der Waals surface area contributed by atoms with Crippen LogP contribution >= 0.6 is 11.3 Å². The van der Waals surface area contributed by atoms with Gasteiger partial charge in [0, 0.05) is 24.5 Å². The average molecular weight is 487 g/mol. The van der Waals surface area contributed by atoms with E-state index in [1.54, 1.807) is 24.0 Å². The summed E-state index contributed by atoms with van der Waals surface area (Å²) >= 11 is 1.18. The number of alkyl halides is 3. The summed E-state index contributed by atoms with van der Waals surface area (Å²) in [5.74, 6) is -0.181. The van der Waals surface area contributed by atoms with Crippen LogP contribution in [-0.4, -0.2) is 54.4 Å².